The Morgan fingerprint density at radius 3 is 2.55 bits per heavy atom. The number of aromatic nitrogens is 4. The van der Waals surface area contributed by atoms with Crippen LogP contribution < -0.4 is 32.1 Å². The summed E-state index contributed by atoms with van der Waals surface area (Å²) in [7, 11) is 1.65. The van der Waals surface area contributed by atoms with Gasteiger partial charge in [0, 0.05) is 49.0 Å². The molecule has 2 aromatic rings. The summed E-state index contributed by atoms with van der Waals surface area (Å²) in [6.45, 7) is 4.90. The lowest BCUT2D eigenvalue weighted by Gasteiger charge is -2.49. The number of urea groups is 1. The summed E-state index contributed by atoms with van der Waals surface area (Å²) < 4.78 is 7.12. The molecule has 3 aliphatic rings. The molecule has 9 N–H and O–H groups in total. The molecular formula is C25H33N12O8S2+. The van der Waals surface area contributed by atoms with Gasteiger partial charge in [0.05, 0.1) is 7.05 Å². The van der Waals surface area contributed by atoms with Gasteiger partial charge >= 0.3 is 18.0 Å². The number of carbonyl (C=O) groups excluding carboxylic acids is 3. The van der Waals surface area contributed by atoms with Crippen LogP contribution in [0.15, 0.2) is 22.6 Å². The minimum atomic E-state index is -1.81. The lowest BCUT2D eigenvalue weighted by molar-refractivity contribution is -0.765. The average molecular weight is 694 g/mol. The number of carboxylic acids is 2. The normalized spacial score (nSPS) is 20.0. The number of nitrogens with zero attached hydrogens (tertiary/aromatic N) is 7. The minimum Gasteiger partial charge on any atom is -0.478 e. The van der Waals surface area contributed by atoms with Crippen LogP contribution in [0.25, 0.3) is 0 Å². The molecule has 20 nitrogen and oxygen atoms in total. The quantitative estimate of drug-likeness (QED) is 0.0602. The molecule has 2 atom stereocenters. The molecule has 2 fully saturated rings. The fourth-order valence-corrected chi connectivity index (χ4v) is 6.62. The van der Waals surface area contributed by atoms with E-state index in [0.29, 0.717) is 37.4 Å². The van der Waals surface area contributed by atoms with Crippen LogP contribution >= 0.6 is 23.3 Å². The number of piperazine rings is 1. The lowest BCUT2D eigenvalue weighted by Crippen LogP contribution is -2.71. The molecule has 5 rings (SSSR count). The maximum atomic E-state index is 13.3. The minimum absolute atomic E-state index is 0.00222. The standard InChI is InChI=1S/C25H32N12O8S2/c1-25(2,22(42)43)45-32-13(17-31-23(27)47-33-17)18(38)30-14-19(39)37-15(21(40)41)11(10-46-20(14)37)8-36-9-12(16(26)34(36)3)29-24(44)35-6-4-28-5-7-35/h9,14,20,26,28H,4-8,10H2,1-3H3,(H6,27,29,30,31,33,38,40,41,42,43,44)/p+1/b32-13-/t14-,20-/m1/s1. The zero-order valence-electron chi connectivity index (χ0n) is 25.4. The number of hydrogen-bond acceptors (Lipinski definition) is 14. The number of hydrogen-bond donors (Lipinski definition) is 7. The van der Waals surface area contributed by atoms with Gasteiger partial charge in [-0.15, -0.1) is 21.1 Å². The summed E-state index contributed by atoms with van der Waals surface area (Å²) in [5.74, 6) is -4.16. The number of aliphatic carboxylic acids is 2. The van der Waals surface area contributed by atoms with Gasteiger partial charge in [-0.05, 0) is 13.8 Å². The highest BCUT2D eigenvalue weighted by Gasteiger charge is 2.55. The van der Waals surface area contributed by atoms with E-state index in [9.17, 15) is 34.2 Å². The monoisotopic (exact) mass is 693 g/mol. The van der Waals surface area contributed by atoms with Crippen LogP contribution in [-0.2, 0) is 37.6 Å². The van der Waals surface area contributed by atoms with Gasteiger partial charge in [0.25, 0.3) is 11.8 Å². The number of β-lactam (4-membered cyclic amide) rings is 1. The second-order valence-electron chi connectivity index (χ2n) is 11.1. The van der Waals surface area contributed by atoms with Crippen molar-refractivity contribution in [1.82, 2.24) is 34.5 Å². The fourth-order valence-electron chi connectivity index (χ4n) is 4.85. The molecule has 3 aliphatic heterocycles. The third kappa shape index (κ3) is 6.64. The number of thioether (sulfide) groups is 1. The number of fused-ring (bicyclic) bond motifs is 1. The van der Waals surface area contributed by atoms with Gasteiger partial charge in [0.2, 0.25) is 23.3 Å². The van der Waals surface area contributed by atoms with Crippen molar-refractivity contribution >= 4 is 75.4 Å². The van der Waals surface area contributed by atoms with Crippen molar-refractivity contribution in [3.05, 3.63) is 23.3 Å². The Kier molecular flexibility index (Phi) is 9.27. The topological polar surface area (TPSA) is 277 Å². The maximum absolute atomic E-state index is 13.3. The lowest BCUT2D eigenvalue weighted by atomic mass is 10.0. The van der Waals surface area contributed by atoms with Crippen molar-refractivity contribution in [2.45, 2.75) is 37.4 Å². The first-order valence-electron chi connectivity index (χ1n) is 14.1. The summed E-state index contributed by atoms with van der Waals surface area (Å²) in [6.07, 6.45) is 1.59. The molecule has 0 aliphatic carbocycles. The molecule has 252 valence electrons. The van der Waals surface area contributed by atoms with Crippen LogP contribution in [0.5, 0.6) is 0 Å². The average Bonchev–Trinajstić information content (AvgIpc) is 3.57. The molecular weight excluding hydrogens is 660 g/mol. The number of nitrogens with one attached hydrogen (secondary N) is 3. The van der Waals surface area contributed by atoms with Crippen molar-refractivity contribution in [3.63, 3.8) is 0 Å². The second kappa shape index (κ2) is 13.0. The third-order valence-corrected chi connectivity index (χ3v) is 9.45. The number of nitrogens with two attached hydrogens (primary N) is 2. The van der Waals surface area contributed by atoms with Crippen molar-refractivity contribution in [1.29, 1.82) is 0 Å². The zero-order chi connectivity index (χ0) is 34.2. The molecule has 2 aromatic heterocycles. The predicted molar refractivity (Wildman–Crippen MR) is 167 cm³/mol. The SMILES string of the molecule is Cn1c(N)c(NC(=O)N2CCNCC2)c[n+]1CC1=C(C(=O)O)N2C(=O)[C@@H](NC(=O)/C(=N\OC(C)(C)C(=O)O)c3nsc(N)n3)[C@H]2SC1. The molecule has 0 aromatic carbocycles. The maximum Gasteiger partial charge on any atom is 0.352 e. The van der Waals surface area contributed by atoms with Crippen molar-refractivity contribution in [2.75, 3.05) is 48.7 Å². The molecule has 0 bridgehead atoms. The number of rotatable bonds is 10. The van der Waals surface area contributed by atoms with E-state index in [1.54, 1.807) is 27.5 Å². The van der Waals surface area contributed by atoms with Crippen LogP contribution in [0.2, 0.25) is 0 Å². The summed E-state index contributed by atoms with van der Waals surface area (Å²) in [6, 6.07) is -1.46. The zero-order valence-corrected chi connectivity index (χ0v) is 27.1. The van der Waals surface area contributed by atoms with E-state index >= 15 is 0 Å². The molecule has 0 radical (unpaired) electrons. The van der Waals surface area contributed by atoms with Gasteiger partial charge in [-0.1, -0.05) is 5.16 Å². The summed E-state index contributed by atoms with van der Waals surface area (Å²) in [4.78, 5) is 75.0. The molecule has 4 amide bonds. The van der Waals surface area contributed by atoms with Crippen LogP contribution in [0.3, 0.4) is 0 Å². The summed E-state index contributed by atoms with van der Waals surface area (Å²) in [5, 5.41) is 30.9. The summed E-state index contributed by atoms with van der Waals surface area (Å²) in [5.41, 5.74) is 10.1. The van der Waals surface area contributed by atoms with E-state index in [1.807, 2.05) is 0 Å². The van der Waals surface area contributed by atoms with Gasteiger partial charge in [-0.25, -0.2) is 14.4 Å². The van der Waals surface area contributed by atoms with Gasteiger partial charge in [0.1, 0.15) is 17.1 Å². The molecule has 0 spiro atoms. The number of carboxylic acid groups (broad SMARTS) is 2. The first-order valence-corrected chi connectivity index (χ1v) is 15.9. The largest absolute Gasteiger partial charge is 0.478 e. The van der Waals surface area contributed by atoms with Crippen molar-refractivity contribution in [3.8, 4) is 0 Å². The number of nitrogen functional groups attached to an aromatic ring is 2. The van der Waals surface area contributed by atoms with E-state index < -0.39 is 46.5 Å². The van der Waals surface area contributed by atoms with Crippen molar-refractivity contribution < 1.29 is 43.7 Å². The van der Waals surface area contributed by atoms with Crippen LogP contribution in [0.1, 0.15) is 19.7 Å². The molecule has 22 heteroatoms. The van der Waals surface area contributed by atoms with Crippen molar-refractivity contribution in [2.24, 2.45) is 12.2 Å². The van der Waals surface area contributed by atoms with Gasteiger partial charge < -0.3 is 42.1 Å². The smallest absolute Gasteiger partial charge is 0.352 e. The molecule has 47 heavy (non-hydrogen) atoms. The van der Waals surface area contributed by atoms with Crippen LogP contribution in [-0.4, -0.2) is 118 Å². The van der Waals surface area contributed by atoms with E-state index in [2.05, 4.69) is 30.5 Å². The number of amides is 4. The van der Waals surface area contributed by atoms with Gasteiger partial charge in [-0.3, -0.25) is 19.8 Å². The Morgan fingerprint density at radius 2 is 1.94 bits per heavy atom. The molecule has 0 unspecified atom stereocenters. The number of carbonyl (C=O) groups is 5. The molecule has 2 saturated heterocycles. The predicted octanol–water partition coefficient (Wildman–Crippen LogP) is -2.21. The second-order valence-corrected chi connectivity index (χ2v) is 13.0. The fraction of sp³-hybridized carbons (Fsp3) is 0.480. The van der Waals surface area contributed by atoms with Crippen LogP contribution in [0, 0.1) is 0 Å². The first kappa shape index (κ1) is 33.4. The Balaban J connectivity index is 1.33. The number of anilines is 3. The van der Waals surface area contributed by atoms with Gasteiger partial charge in [0.15, 0.2) is 23.2 Å². The van der Waals surface area contributed by atoms with E-state index in [0.717, 1.165) is 16.4 Å². The third-order valence-electron chi connectivity index (χ3n) is 7.57. The number of oxime groups is 1. The Labute approximate surface area is 274 Å². The highest BCUT2D eigenvalue weighted by Crippen LogP contribution is 2.40. The Hall–Kier alpha value is -4.96. The molecule has 0 saturated carbocycles. The highest BCUT2D eigenvalue weighted by atomic mass is 32.2. The first-order chi connectivity index (χ1) is 22.2. The van der Waals surface area contributed by atoms with E-state index in [1.165, 1.54) is 25.6 Å². The van der Waals surface area contributed by atoms with Gasteiger partial charge in [-0.2, -0.15) is 9.36 Å². The van der Waals surface area contributed by atoms with E-state index in [-0.39, 0.29) is 40.8 Å². The molecule has 5 heterocycles. The van der Waals surface area contributed by atoms with E-state index in [4.69, 9.17) is 16.3 Å². The Bertz CT molecular complexity index is 1700. The summed E-state index contributed by atoms with van der Waals surface area (Å²) >= 11 is 1.99. The van der Waals surface area contributed by atoms with Crippen LogP contribution in [0.4, 0.5) is 21.4 Å². The highest BCUT2D eigenvalue weighted by molar-refractivity contribution is 8.00. The Morgan fingerprint density at radius 1 is 1.23 bits per heavy atom.